The number of hydrogen-bond donors (Lipinski definition) is 1. The number of nitrogen functional groups attached to an aromatic ring is 1. The molecule has 2 N–H and O–H groups in total. The maximum atomic E-state index is 11.8. The quantitative estimate of drug-likeness (QED) is 0.804. The Hall–Kier alpha value is -1.80. The highest BCUT2D eigenvalue weighted by molar-refractivity contribution is 8.00. The van der Waals surface area contributed by atoms with Gasteiger partial charge in [-0.15, -0.1) is 0 Å². The first kappa shape index (κ1) is 14.6. The third-order valence-corrected chi connectivity index (χ3v) is 4.02. The first-order valence-electron chi connectivity index (χ1n) is 5.75. The van der Waals surface area contributed by atoms with E-state index in [-0.39, 0.29) is 6.61 Å². The Labute approximate surface area is 119 Å². The molecule has 2 rings (SSSR count). The molecule has 0 saturated heterocycles. The van der Waals surface area contributed by atoms with E-state index in [9.17, 15) is 9.59 Å². The van der Waals surface area contributed by atoms with Gasteiger partial charge in [0, 0.05) is 5.56 Å². The molecular formula is C12H14N2O5S. The lowest BCUT2D eigenvalue weighted by atomic mass is 10.1. The van der Waals surface area contributed by atoms with Crippen LogP contribution in [-0.2, 0) is 23.8 Å². The molecule has 1 aromatic heterocycles. The van der Waals surface area contributed by atoms with Crippen molar-refractivity contribution in [1.82, 2.24) is 4.98 Å². The largest absolute Gasteiger partial charge is 0.468 e. The van der Waals surface area contributed by atoms with E-state index < -0.39 is 23.3 Å². The summed E-state index contributed by atoms with van der Waals surface area (Å²) in [6, 6.07) is 1.68. The van der Waals surface area contributed by atoms with Gasteiger partial charge in [0.05, 0.1) is 26.1 Å². The molecule has 2 atom stereocenters. The molecule has 0 bridgehead atoms. The summed E-state index contributed by atoms with van der Waals surface area (Å²) in [6.07, 6.45) is 0.862. The summed E-state index contributed by atoms with van der Waals surface area (Å²) in [6.45, 7) is -0.260. The van der Waals surface area contributed by atoms with Gasteiger partial charge >= 0.3 is 11.9 Å². The standard InChI is InChI=1S/C12H14N2O5S/c1-17-8(15)5-19-9-7-3-6(13)4-14-11(7)20-10(9)12(16)18-2/h3-4,9-10H,5,13H2,1-2H3. The van der Waals surface area contributed by atoms with Gasteiger partial charge in [-0.1, -0.05) is 11.8 Å². The van der Waals surface area contributed by atoms with Crippen molar-refractivity contribution in [2.75, 3.05) is 26.6 Å². The summed E-state index contributed by atoms with van der Waals surface area (Å²) < 4.78 is 14.7. The van der Waals surface area contributed by atoms with Crippen LogP contribution in [0.15, 0.2) is 17.3 Å². The molecule has 108 valence electrons. The average molecular weight is 298 g/mol. The van der Waals surface area contributed by atoms with Gasteiger partial charge in [0.1, 0.15) is 23.0 Å². The SMILES string of the molecule is COC(=O)COC1c2cc(N)cnc2SC1C(=O)OC. The van der Waals surface area contributed by atoms with E-state index in [2.05, 4.69) is 9.72 Å². The summed E-state index contributed by atoms with van der Waals surface area (Å²) in [4.78, 5) is 27.1. The normalized spacial score (nSPS) is 20.3. The maximum absolute atomic E-state index is 11.8. The molecule has 0 spiro atoms. The highest BCUT2D eigenvalue weighted by atomic mass is 32.2. The number of pyridine rings is 1. The molecule has 0 radical (unpaired) electrons. The van der Waals surface area contributed by atoms with Gasteiger partial charge < -0.3 is 19.9 Å². The van der Waals surface area contributed by atoms with E-state index in [4.69, 9.17) is 15.2 Å². The van der Waals surface area contributed by atoms with Crippen molar-refractivity contribution in [3.05, 3.63) is 17.8 Å². The molecule has 7 nitrogen and oxygen atoms in total. The predicted molar refractivity (Wildman–Crippen MR) is 71.0 cm³/mol. The van der Waals surface area contributed by atoms with Crippen LogP contribution in [0.5, 0.6) is 0 Å². The predicted octanol–water partition coefficient (Wildman–Crippen LogP) is 0.542. The molecule has 0 saturated carbocycles. The molecule has 1 aliphatic rings. The van der Waals surface area contributed by atoms with Crippen molar-refractivity contribution >= 4 is 29.4 Å². The molecular weight excluding hydrogens is 284 g/mol. The lowest BCUT2D eigenvalue weighted by molar-refractivity contribution is -0.152. The summed E-state index contributed by atoms with van der Waals surface area (Å²) in [5, 5.41) is 0.0263. The van der Waals surface area contributed by atoms with E-state index in [1.54, 1.807) is 6.07 Å². The third kappa shape index (κ3) is 2.86. The van der Waals surface area contributed by atoms with Gasteiger partial charge in [0.25, 0.3) is 0 Å². The number of esters is 2. The highest BCUT2D eigenvalue weighted by Crippen LogP contribution is 2.45. The third-order valence-electron chi connectivity index (χ3n) is 2.76. The van der Waals surface area contributed by atoms with Crippen LogP contribution in [0.1, 0.15) is 11.7 Å². The van der Waals surface area contributed by atoms with Crippen LogP contribution >= 0.6 is 11.8 Å². The van der Waals surface area contributed by atoms with Crippen LogP contribution in [-0.4, -0.2) is 43.0 Å². The minimum Gasteiger partial charge on any atom is -0.468 e. The topological polar surface area (TPSA) is 101 Å². The van der Waals surface area contributed by atoms with E-state index in [0.29, 0.717) is 16.3 Å². The number of methoxy groups -OCH3 is 2. The second kappa shape index (κ2) is 6.10. The zero-order valence-electron chi connectivity index (χ0n) is 11.0. The van der Waals surface area contributed by atoms with Gasteiger partial charge in [0.2, 0.25) is 0 Å². The fourth-order valence-corrected chi connectivity index (χ4v) is 3.02. The number of carbonyl (C=O) groups is 2. The molecule has 20 heavy (non-hydrogen) atoms. The lowest BCUT2D eigenvalue weighted by Gasteiger charge is -2.17. The molecule has 8 heteroatoms. The van der Waals surface area contributed by atoms with E-state index >= 15 is 0 Å². The number of rotatable bonds is 4. The van der Waals surface area contributed by atoms with Crippen LogP contribution in [0.2, 0.25) is 0 Å². The Kier molecular flexibility index (Phi) is 4.46. The van der Waals surface area contributed by atoms with Crippen molar-refractivity contribution in [2.24, 2.45) is 0 Å². The number of fused-ring (bicyclic) bond motifs is 1. The van der Waals surface area contributed by atoms with Crippen LogP contribution in [0, 0.1) is 0 Å². The van der Waals surface area contributed by atoms with Crippen LogP contribution < -0.4 is 5.73 Å². The number of ether oxygens (including phenoxy) is 3. The Bertz CT molecular complexity index is 537. The zero-order chi connectivity index (χ0) is 14.7. The zero-order valence-corrected chi connectivity index (χ0v) is 11.8. The van der Waals surface area contributed by atoms with E-state index in [1.807, 2.05) is 0 Å². The molecule has 0 aromatic carbocycles. The van der Waals surface area contributed by atoms with Crippen molar-refractivity contribution < 1.29 is 23.8 Å². The van der Waals surface area contributed by atoms with Gasteiger partial charge in [-0.25, -0.2) is 9.78 Å². The molecule has 2 unspecified atom stereocenters. The number of hydrogen-bond acceptors (Lipinski definition) is 8. The average Bonchev–Trinajstić information content (AvgIpc) is 2.81. The minimum atomic E-state index is -0.641. The van der Waals surface area contributed by atoms with Crippen molar-refractivity contribution in [3.63, 3.8) is 0 Å². The monoisotopic (exact) mass is 298 g/mol. The molecule has 1 aliphatic heterocycles. The maximum Gasteiger partial charge on any atom is 0.331 e. The minimum absolute atomic E-state index is 0.260. The molecule has 0 amide bonds. The second-order valence-electron chi connectivity index (χ2n) is 4.03. The van der Waals surface area contributed by atoms with Crippen molar-refractivity contribution in [2.45, 2.75) is 16.4 Å². The van der Waals surface area contributed by atoms with Gasteiger partial charge in [-0.2, -0.15) is 0 Å². The fourth-order valence-electron chi connectivity index (χ4n) is 1.82. The summed E-state index contributed by atoms with van der Waals surface area (Å²) in [7, 11) is 2.56. The molecule has 2 heterocycles. The fraction of sp³-hybridized carbons (Fsp3) is 0.417. The van der Waals surface area contributed by atoms with Gasteiger partial charge in [-0.3, -0.25) is 4.79 Å². The van der Waals surface area contributed by atoms with Crippen LogP contribution in [0.3, 0.4) is 0 Å². The number of anilines is 1. The first-order chi connectivity index (χ1) is 9.56. The number of aromatic nitrogens is 1. The molecule has 1 aromatic rings. The van der Waals surface area contributed by atoms with Crippen LogP contribution in [0.25, 0.3) is 0 Å². The lowest BCUT2D eigenvalue weighted by Crippen LogP contribution is -2.26. The Morgan fingerprint density at radius 1 is 1.40 bits per heavy atom. The van der Waals surface area contributed by atoms with Crippen molar-refractivity contribution in [1.29, 1.82) is 0 Å². The molecule has 0 aliphatic carbocycles. The van der Waals surface area contributed by atoms with Crippen molar-refractivity contribution in [3.8, 4) is 0 Å². The number of carbonyl (C=O) groups excluding carboxylic acids is 2. The molecule has 0 fully saturated rings. The Balaban J connectivity index is 2.24. The Morgan fingerprint density at radius 2 is 2.15 bits per heavy atom. The Morgan fingerprint density at radius 3 is 2.80 bits per heavy atom. The highest BCUT2D eigenvalue weighted by Gasteiger charge is 2.41. The first-order valence-corrected chi connectivity index (χ1v) is 6.63. The summed E-state index contributed by atoms with van der Waals surface area (Å²) in [5.41, 5.74) is 6.83. The second-order valence-corrected chi connectivity index (χ2v) is 5.16. The number of nitrogens with two attached hydrogens (primary N) is 1. The number of nitrogens with zero attached hydrogens (tertiary/aromatic N) is 1. The smallest absolute Gasteiger partial charge is 0.331 e. The van der Waals surface area contributed by atoms with E-state index in [0.717, 1.165) is 0 Å². The number of thioether (sulfide) groups is 1. The van der Waals surface area contributed by atoms with E-state index in [1.165, 1.54) is 32.2 Å². The van der Waals surface area contributed by atoms with Gasteiger partial charge in [0.15, 0.2) is 0 Å². The van der Waals surface area contributed by atoms with Crippen LogP contribution in [0.4, 0.5) is 5.69 Å². The summed E-state index contributed by atoms with van der Waals surface area (Å²) >= 11 is 1.23. The van der Waals surface area contributed by atoms with Gasteiger partial charge in [-0.05, 0) is 6.07 Å². The summed E-state index contributed by atoms with van der Waals surface area (Å²) in [5.74, 6) is -0.967.